The zero-order valence-corrected chi connectivity index (χ0v) is 11.0. The molecule has 0 spiro atoms. The van der Waals surface area contributed by atoms with E-state index in [1.807, 2.05) is 0 Å². The van der Waals surface area contributed by atoms with Crippen molar-refractivity contribution >= 4 is 0 Å². The minimum absolute atomic E-state index is 0.515. The van der Waals surface area contributed by atoms with Crippen LogP contribution in [0.2, 0.25) is 0 Å². The summed E-state index contributed by atoms with van der Waals surface area (Å²) < 4.78 is 0. The summed E-state index contributed by atoms with van der Waals surface area (Å²) in [7, 11) is 0. The van der Waals surface area contributed by atoms with E-state index in [1.54, 1.807) is 0 Å². The summed E-state index contributed by atoms with van der Waals surface area (Å²) in [5.41, 5.74) is 1.76. The first-order valence-electron chi connectivity index (χ1n) is 6.59. The van der Waals surface area contributed by atoms with E-state index in [0.29, 0.717) is 6.04 Å². The Balaban J connectivity index is 2.73. The highest BCUT2D eigenvalue weighted by atomic mass is 15.1. The number of terminal acetylenes is 1. The SMILES string of the molecule is C#CC1=C(C#N)CC(N(CCC)CCC)CC1. The maximum absolute atomic E-state index is 9.13. The lowest BCUT2D eigenvalue weighted by Crippen LogP contribution is -2.38. The van der Waals surface area contributed by atoms with Gasteiger partial charge in [0.1, 0.15) is 0 Å². The molecule has 0 N–H and O–H groups in total. The summed E-state index contributed by atoms with van der Waals surface area (Å²) in [5.74, 6) is 2.67. The molecule has 92 valence electrons. The molecule has 17 heavy (non-hydrogen) atoms. The van der Waals surface area contributed by atoms with Gasteiger partial charge in [0.15, 0.2) is 0 Å². The van der Waals surface area contributed by atoms with Gasteiger partial charge < -0.3 is 4.90 Å². The molecule has 1 aliphatic rings. The van der Waals surface area contributed by atoms with Gasteiger partial charge in [0.25, 0.3) is 0 Å². The first-order chi connectivity index (χ1) is 8.26. The van der Waals surface area contributed by atoms with Crippen molar-refractivity contribution in [2.24, 2.45) is 0 Å². The molecule has 0 aromatic carbocycles. The summed E-state index contributed by atoms with van der Waals surface area (Å²) in [6, 6.07) is 2.80. The Labute approximate surface area is 105 Å². The Morgan fingerprint density at radius 2 is 1.94 bits per heavy atom. The number of nitrogens with zero attached hydrogens (tertiary/aromatic N) is 2. The monoisotopic (exact) mass is 230 g/mol. The summed E-state index contributed by atoms with van der Waals surface area (Å²) in [4.78, 5) is 2.52. The van der Waals surface area contributed by atoms with Crippen LogP contribution < -0.4 is 0 Å². The predicted molar refractivity (Wildman–Crippen MR) is 71.3 cm³/mol. The molecule has 0 aromatic heterocycles. The molecule has 1 rings (SSSR count). The number of hydrogen-bond acceptors (Lipinski definition) is 2. The fraction of sp³-hybridized carbons (Fsp3) is 0.667. The minimum atomic E-state index is 0.515. The van der Waals surface area contributed by atoms with Crippen LogP contribution in [0.15, 0.2) is 11.1 Å². The van der Waals surface area contributed by atoms with Crippen molar-refractivity contribution in [3.8, 4) is 18.4 Å². The van der Waals surface area contributed by atoms with Crippen molar-refractivity contribution in [1.82, 2.24) is 4.90 Å². The Hall–Kier alpha value is -1.25. The van der Waals surface area contributed by atoms with Gasteiger partial charge in [-0.3, -0.25) is 0 Å². The van der Waals surface area contributed by atoms with Crippen molar-refractivity contribution in [2.75, 3.05) is 13.1 Å². The molecule has 0 aliphatic heterocycles. The molecule has 0 radical (unpaired) electrons. The maximum atomic E-state index is 9.13. The molecule has 0 amide bonds. The number of allylic oxidation sites excluding steroid dienone is 1. The first-order valence-corrected chi connectivity index (χ1v) is 6.59. The standard InChI is InChI=1S/C15H22N2/c1-4-9-17(10-5-2)15-8-7-13(6-3)14(11-15)12-16/h3,15H,4-5,7-11H2,1-2H3. The van der Waals surface area contributed by atoms with Crippen LogP contribution in [-0.4, -0.2) is 24.0 Å². The maximum Gasteiger partial charge on any atom is 0.0957 e. The van der Waals surface area contributed by atoms with E-state index in [9.17, 15) is 0 Å². The summed E-state index contributed by atoms with van der Waals surface area (Å²) in [5, 5.41) is 9.13. The smallest absolute Gasteiger partial charge is 0.0957 e. The fourth-order valence-electron chi connectivity index (χ4n) is 2.56. The summed E-state index contributed by atoms with van der Waals surface area (Å²) in [6.07, 6.45) is 10.6. The topological polar surface area (TPSA) is 27.0 Å². The van der Waals surface area contributed by atoms with Crippen molar-refractivity contribution < 1.29 is 0 Å². The van der Waals surface area contributed by atoms with Crippen molar-refractivity contribution in [2.45, 2.75) is 52.0 Å². The van der Waals surface area contributed by atoms with Gasteiger partial charge in [-0.15, -0.1) is 6.42 Å². The van der Waals surface area contributed by atoms with Gasteiger partial charge in [-0.25, -0.2) is 0 Å². The van der Waals surface area contributed by atoms with Crippen LogP contribution in [0.1, 0.15) is 46.0 Å². The van der Waals surface area contributed by atoms with Gasteiger partial charge in [0, 0.05) is 17.2 Å². The molecular weight excluding hydrogens is 208 g/mol. The zero-order chi connectivity index (χ0) is 12.7. The van der Waals surface area contributed by atoms with Crippen LogP contribution in [0.5, 0.6) is 0 Å². The quantitative estimate of drug-likeness (QED) is 0.679. The number of rotatable bonds is 5. The molecule has 2 nitrogen and oxygen atoms in total. The number of hydrogen-bond donors (Lipinski definition) is 0. The van der Waals surface area contributed by atoms with Gasteiger partial charge in [0.05, 0.1) is 6.07 Å². The molecule has 2 heteroatoms. The van der Waals surface area contributed by atoms with Gasteiger partial charge in [-0.1, -0.05) is 19.8 Å². The van der Waals surface area contributed by atoms with Crippen molar-refractivity contribution in [3.63, 3.8) is 0 Å². The Bertz CT molecular complexity index is 348. The van der Waals surface area contributed by atoms with Crippen LogP contribution in [0.3, 0.4) is 0 Å². The Morgan fingerprint density at radius 1 is 1.29 bits per heavy atom. The second-order valence-corrected chi connectivity index (χ2v) is 4.65. The molecule has 0 bridgehead atoms. The molecule has 0 aromatic rings. The van der Waals surface area contributed by atoms with E-state index in [0.717, 1.165) is 43.5 Å². The van der Waals surface area contributed by atoms with Crippen LogP contribution in [-0.2, 0) is 0 Å². The lowest BCUT2D eigenvalue weighted by atomic mass is 9.88. The van der Waals surface area contributed by atoms with Gasteiger partial charge in [-0.2, -0.15) is 5.26 Å². The molecule has 0 saturated heterocycles. The number of nitriles is 1. The zero-order valence-electron chi connectivity index (χ0n) is 11.0. The summed E-state index contributed by atoms with van der Waals surface area (Å²) in [6.45, 7) is 6.67. The van der Waals surface area contributed by atoms with E-state index >= 15 is 0 Å². The Kier molecular flexibility index (Phi) is 5.81. The van der Waals surface area contributed by atoms with Crippen molar-refractivity contribution in [1.29, 1.82) is 5.26 Å². The lowest BCUT2D eigenvalue weighted by molar-refractivity contribution is 0.182. The van der Waals surface area contributed by atoms with E-state index < -0.39 is 0 Å². The summed E-state index contributed by atoms with van der Waals surface area (Å²) >= 11 is 0. The van der Waals surface area contributed by atoms with Crippen molar-refractivity contribution in [3.05, 3.63) is 11.1 Å². The largest absolute Gasteiger partial charge is 0.300 e. The van der Waals surface area contributed by atoms with Gasteiger partial charge in [-0.05, 0) is 45.2 Å². The fourth-order valence-corrected chi connectivity index (χ4v) is 2.56. The van der Waals surface area contributed by atoms with E-state index in [-0.39, 0.29) is 0 Å². The third-order valence-electron chi connectivity index (χ3n) is 3.38. The Morgan fingerprint density at radius 3 is 2.41 bits per heavy atom. The minimum Gasteiger partial charge on any atom is -0.300 e. The normalized spacial score (nSPS) is 20.2. The second kappa shape index (κ2) is 7.15. The molecule has 0 saturated carbocycles. The van der Waals surface area contributed by atoms with E-state index in [1.165, 1.54) is 12.8 Å². The third kappa shape index (κ3) is 3.62. The van der Waals surface area contributed by atoms with Gasteiger partial charge >= 0.3 is 0 Å². The highest BCUT2D eigenvalue weighted by Gasteiger charge is 2.24. The molecule has 1 aliphatic carbocycles. The first kappa shape index (κ1) is 13.8. The highest BCUT2D eigenvalue weighted by molar-refractivity contribution is 5.41. The lowest BCUT2D eigenvalue weighted by Gasteiger charge is -2.33. The van der Waals surface area contributed by atoms with Crippen LogP contribution in [0.4, 0.5) is 0 Å². The second-order valence-electron chi connectivity index (χ2n) is 4.65. The van der Waals surface area contributed by atoms with E-state index in [4.69, 9.17) is 11.7 Å². The average Bonchev–Trinajstić information content (AvgIpc) is 2.37. The van der Waals surface area contributed by atoms with Crippen LogP contribution >= 0.6 is 0 Å². The van der Waals surface area contributed by atoms with Crippen LogP contribution in [0.25, 0.3) is 0 Å². The third-order valence-corrected chi connectivity index (χ3v) is 3.38. The highest BCUT2D eigenvalue weighted by Crippen LogP contribution is 2.27. The average molecular weight is 230 g/mol. The molecule has 1 atom stereocenters. The van der Waals surface area contributed by atoms with Crippen LogP contribution in [0, 0.1) is 23.7 Å². The molecule has 0 heterocycles. The van der Waals surface area contributed by atoms with E-state index in [2.05, 4.69) is 30.7 Å². The molecular formula is C15H22N2. The molecule has 1 unspecified atom stereocenters. The molecule has 0 fully saturated rings. The van der Waals surface area contributed by atoms with Gasteiger partial charge in [0.2, 0.25) is 0 Å². The predicted octanol–water partition coefficient (Wildman–Crippen LogP) is 3.11.